The van der Waals surface area contributed by atoms with Crippen molar-refractivity contribution in [2.24, 2.45) is 0 Å². The lowest BCUT2D eigenvalue weighted by Crippen LogP contribution is -2.07. The predicted molar refractivity (Wildman–Crippen MR) is 50.3 cm³/mol. The summed E-state index contributed by atoms with van der Waals surface area (Å²) in [7, 11) is 0. The molecule has 0 fully saturated rings. The van der Waals surface area contributed by atoms with Gasteiger partial charge in [-0.25, -0.2) is 4.98 Å². The fourth-order valence-corrected chi connectivity index (χ4v) is 0.816. The Morgan fingerprint density at radius 2 is 1.71 bits per heavy atom. The molecule has 1 aromatic heterocycles. The number of pyridine rings is 1. The molecule has 1 aromatic rings. The lowest BCUT2D eigenvalue weighted by Gasteiger charge is -2.05. The third-order valence-corrected chi connectivity index (χ3v) is 1.71. The molecule has 0 atom stereocenters. The van der Waals surface area contributed by atoms with Gasteiger partial charge >= 0.3 is 6.18 Å². The van der Waals surface area contributed by atoms with Crippen LogP contribution in [0.15, 0.2) is 12.1 Å². The van der Waals surface area contributed by atoms with Crippen LogP contribution in [0.25, 0.3) is 0 Å². The summed E-state index contributed by atoms with van der Waals surface area (Å²) in [4.78, 5) is 3.18. The largest absolute Gasteiger partial charge is 0.433 e. The van der Waals surface area contributed by atoms with Gasteiger partial charge < -0.3 is 0 Å². The van der Waals surface area contributed by atoms with E-state index in [0.29, 0.717) is 5.56 Å². The topological polar surface area (TPSA) is 12.9 Å². The number of halogens is 4. The molecule has 80 valence electrons. The SMILES string of the molecule is CC.Cc1ccc(C(F)(F)F)nc1Cl. The van der Waals surface area contributed by atoms with Crippen LogP contribution in [0.1, 0.15) is 25.1 Å². The number of aromatic nitrogens is 1. The third kappa shape index (κ3) is 3.54. The highest BCUT2D eigenvalue weighted by molar-refractivity contribution is 6.30. The first-order valence-corrected chi connectivity index (χ1v) is 4.49. The first-order chi connectivity index (χ1) is 6.41. The molecular weight excluding hydrogens is 215 g/mol. The van der Waals surface area contributed by atoms with E-state index < -0.39 is 11.9 Å². The van der Waals surface area contributed by atoms with E-state index in [1.165, 1.54) is 6.07 Å². The Labute approximate surface area is 85.9 Å². The number of rotatable bonds is 0. The van der Waals surface area contributed by atoms with Gasteiger partial charge in [0.2, 0.25) is 0 Å². The quantitative estimate of drug-likeness (QED) is 0.606. The fraction of sp³-hybridized carbons (Fsp3) is 0.444. The van der Waals surface area contributed by atoms with E-state index in [9.17, 15) is 13.2 Å². The van der Waals surface area contributed by atoms with Crippen molar-refractivity contribution < 1.29 is 13.2 Å². The number of nitrogens with zero attached hydrogens (tertiary/aromatic N) is 1. The third-order valence-electron chi connectivity index (χ3n) is 1.33. The van der Waals surface area contributed by atoms with Crippen LogP contribution in [0.2, 0.25) is 5.15 Å². The molecule has 0 aliphatic carbocycles. The van der Waals surface area contributed by atoms with Gasteiger partial charge in [0.1, 0.15) is 10.8 Å². The molecule has 0 unspecified atom stereocenters. The van der Waals surface area contributed by atoms with Gasteiger partial charge in [0.15, 0.2) is 0 Å². The van der Waals surface area contributed by atoms with Gasteiger partial charge in [0.05, 0.1) is 0 Å². The molecule has 0 aliphatic rings. The minimum absolute atomic E-state index is 0.107. The molecule has 0 aromatic carbocycles. The van der Waals surface area contributed by atoms with Crippen molar-refractivity contribution in [3.05, 3.63) is 28.5 Å². The lowest BCUT2D eigenvalue weighted by molar-refractivity contribution is -0.141. The second-order valence-electron chi connectivity index (χ2n) is 2.30. The van der Waals surface area contributed by atoms with Gasteiger partial charge in [0, 0.05) is 0 Å². The summed E-state index contributed by atoms with van der Waals surface area (Å²) in [5.41, 5.74) is -0.428. The highest BCUT2D eigenvalue weighted by atomic mass is 35.5. The molecule has 0 aliphatic heterocycles. The summed E-state index contributed by atoms with van der Waals surface area (Å²) in [6, 6.07) is 2.19. The zero-order chi connectivity index (χ0) is 11.4. The van der Waals surface area contributed by atoms with Crippen molar-refractivity contribution in [3.63, 3.8) is 0 Å². The first-order valence-electron chi connectivity index (χ1n) is 4.11. The molecule has 0 radical (unpaired) electrons. The van der Waals surface area contributed by atoms with Gasteiger partial charge in [-0.2, -0.15) is 13.2 Å². The maximum absolute atomic E-state index is 12.0. The number of aryl methyl sites for hydroxylation is 1. The number of hydrogen-bond acceptors (Lipinski definition) is 1. The zero-order valence-electron chi connectivity index (χ0n) is 8.11. The minimum atomic E-state index is -4.42. The average Bonchev–Trinajstić information content (AvgIpc) is 2.11. The lowest BCUT2D eigenvalue weighted by atomic mass is 10.3. The Morgan fingerprint density at radius 3 is 2.07 bits per heavy atom. The monoisotopic (exact) mass is 225 g/mol. The molecule has 0 amide bonds. The van der Waals surface area contributed by atoms with Crippen molar-refractivity contribution in [1.82, 2.24) is 4.98 Å². The van der Waals surface area contributed by atoms with E-state index in [1.807, 2.05) is 13.8 Å². The molecule has 0 bridgehead atoms. The van der Waals surface area contributed by atoms with E-state index in [-0.39, 0.29) is 5.15 Å². The summed E-state index contributed by atoms with van der Waals surface area (Å²) < 4.78 is 35.9. The maximum Gasteiger partial charge on any atom is 0.433 e. The van der Waals surface area contributed by atoms with E-state index in [1.54, 1.807) is 6.92 Å². The first kappa shape index (κ1) is 13.2. The summed E-state index contributed by atoms with van der Waals surface area (Å²) in [6.07, 6.45) is -4.42. The van der Waals surface area contributed by atoms with Crippen molar-refractivity contribution in [2.45, 2.75) is 26.9 Å². The van der Waals surface area contributed by atoms with Crippen molar-refractivity contribution >= 4 is 11.6 Å². The van der Waals surface area contributed by atoms with Gasteiger partial charge in [-0.1, -0.05) is 31.5 Å². The van der Waals surface area contributed by atoms with E-state index in [2.05, 4.69) is 4.98 Å². The van der Waals surface area contributed by atoms with E-state index in [0.717, 1.165) is 6.07 Å². The minimum Gasteiger partial charge on any atom is -0.231 e. The Kier molecular flexibility index (Phi) is 4.91. The van der Waals surface area contributed by atoms with Crippen molar-refractivity contribution in [1.29, 1.82) is 0 Å². The Bertz CT molecular complexity index is 297. The molecule has 1 heterocycles. The molecule has 14 heavy (non-hydrogen) atoms. The standard InChI is InChI=1S/C7H5ClF3N.C2H6/c1-4-2-3-5(7(9,10)11)12-6(4)8;1-2/h2-3H,1H3;1-2H3. The summed E-state index contributed by atoms with van der Waals surface area (Å²) in [5.74, 6) is 0. The molecule has 1 rings (SSSR count). The van der Waals surface area contributed by atoms with Gasteiger partial charge in [-0.05, 0) is 18.6 Å². The van der Waals surface area contributed by atoms with Crippen LogP contribution in [-0.4, -0.2) is 4.98 Å². The summed E-state index contributed by atoms with van der Waals surface area (Å²) in [5, 5.41) is -0.107. The maximum atomic E-state index is 12.0. The Hall–Kier alpha value is -0.770. The second-order valence-corrected chi connectivity index (χ2v) is 2.66. The van der Waals surface area contributed by atoms with Gasteiger partial charge in [-0.3, -0.25) is 0 Å². The molecule has 1 nitrogen and oxygen atoms in total. The highest BCUT2D eigenvalue weighted by Gasteiger charge is 2.32. The molecule has 0 spiro atoms. The fourth-order valence-electron chi connectivity index (χ4n) is 0.662. The van der Waals surface area contributed by atoms with Crippen LogP contribution in [0.5, 0.6) is 0 Å². The zero-order valence-corrected chi connectivity index (χ0v) is 8.87. The highest BCUT2D eigenvalue weighted by Crippen LogP contribution is 2.28. The van der Waals surface area contributed by atoms with Crippen LogP contribution in [0.3, 0.4) is 0 Å². The van der Waals surface area contributed by atoms with E-state index in [4.69, 9.17) is 11.6 Å². The Morgan fingerprint density at radius 1 is 1.21 bits per heavy atom. The normalized spacial score (nSPS) is 10.5. The molecule has 0 saturated heterocycles. The van der Waals surface area contributed by atoms with Crippen molar-refractivity contribution in [2.75, 3.05) is 0 Å². The number of hydrogen-bond donors (Lipinski definition) is 0. The molecular formula is C9H11ClF3N. The molecule has 0 saturated carbocycles. The van der Waals surface area contributed by atoms with Crippen LogP contribution in [-0.2, 0) is 6.18 Å². The molecule has 5 heteroatoms. The van der Waals surface area contributed by atoms with Crippen molar-refractivity contribution in [3.8, 4) is 0 Å². The Balaban J connectivity index is 0.000000791. The van der Waals surface area contributed by atoms with Gasteiger partial charge in [-0.15, -0.1) is 0 Å². The van der Waals surface area contributed by atoms with E-state index >= 15 is 0 Å². The molecule has 0 N–H and O–H groups in total. The predicted octanol–water partition coefficient (Wildman–Crippen LogP) is 4.09. The van der Waals surface area contributed by atoms with Crippen LogP contribution >= 0.6 is 11.6 Å². The number of alkyl halides is 3. The smallest absolute Gasteiger partial charge is 0.231 e. The van der Waals surface area contributed by atoms with Crippen LogP contribution < -0.4 is 0 Å². The van der Waals surface area contributed by atoms with Gasteiger partial charge in [0.25, 0.3) is 0 Å². The summed E-state index contributed by atoms with van der Waals surface area (Å²) in [6.45, 7) is 5.59. The van der Waals surface area contributed by atoms with Crippen LogP contribution in [0.4, 0.5) is 13.2 Å². The summed E-state index contributed by atoms with van der Waals surface area (Å²) >= 11 is 5.41. The van der Waals surface area contributed by atoms with Crippen LogP contribution in [0, 0.1) is 6.92 Å². The average molecular weight is 226 g/mol. The second kappa shape index (κ2) is 5.20.